The zero-order chi connectivity index (χ0) is 21.0. The Labute approximate surface area is 167 Å². The Kier molecular flexibility index (Phi) is 5.19. The first kappa shape index (κ1) is 20.6. The average molecular weight is 456 g/mol. The third-order valence-electron chi connectivity index (χ3n) is 4.19. The molecule has 0 bridgehead atoms. The predicted octanol–water partition coefficient (Wildman–Crippen LogP) is 1.91. The molecule has 0 aliphatic carbocycles. The van der Waals surface area contributed by atoms with Crippen LogP contribution in [0.2, 0.25) is 5.02 Å². The van der Waals surface area contributed by atoms with E-state index in [1.807, 2.05) is 0 Å². The Morgan fingerprint density at radius 2 is 2.07 bits per heavy atom. The number of halogens is 4. The van der Waals surface area contributed by atoms with E-state index in [9.17, 15) is 31.9 Å². The molecular weight excluding hydrogens is 443 g/mol. The highest BCUT2D eigenvalue weighted by molar-refractivity contribution is 7.94. The largest absolute Gasteiger partial charge is 0.493 e. The molecule has 152 valence electrons. The van der Waals surface area contributed by atoms with E-state index < -0.39 is 55.4 Å². The highest BCUT2D eigenvalue weighted by Crippen LogP contribution is 2.35. The molecule has 2 aromatic rings. The third-order valence-corrected chi connectivity index (χ3v) is 6.67. The summed E-state index contributed by atoms with van der Waals surface area (Å²) in [5.74, 6) is -2.78. The van der Waals surface area contributed by atoms with Gasteiger partial charge in [-0.3, -0.25) is 9.36 Å². The number of fused-ring (bicyclic) bond motifs is 1. The molecule has 1 aromatic heterocycles. The van der Waals surface area contributed by atoms with Gasteiger partial charge < -0.3 is 5.11 Å². The summed E-state index contributed by atoms with van der Waals surface area (Å²) in [6.07, 6.45) is -1.56. The third kappa shape index (κ3) is 3.16. The Balaban J connectivity index is 2.27. The topological polar surface area (TPSA) is 102 Å². The molecular formula is C15H13Cl2F2N3O5S. The maximum absolute atomic E-state index is 14.4. The maximum atomic E-state index is 14.4. The summed E-state index contributed by atoms with van der Waals surface area (Å²) in [6.45, 7) is 0.626. The van der Waals surface area contributed by atoms with E-state index >= 15 is 0 Å². The van der Waals surface area contributed by atoms with E-state index in [1.54, 1.807) is 0 Å². The smallest absolute Gasteiger partial charge is 0.336 e. The van der Waals surface area contributed by atoms with Crippen molar-refractivity contribution in [1.82, 2.24) is 9.13 Å². The SMILES string of the molecule is CC(=O)N(c1cc(-n2c(O)c3n(c2=O)C[C@@H](F)C3)cc(F)c1Cl)S(=O)(=O)CCl. The van der Waals surface area contributed by atoms with Crippen LogP contribution in [0.5, 0.6) is 5.88 Å². The number of rotatable bonds is 4. The number of alkyl halides is 2. The number of nitrogens with zero attached hydrogens (tertiary/aromatic N) is 3. The van der Waals surface area contributed by atoms with Gasteiger partial charge in [0.2, 0.25) is 11.8 Å². The summed E-state index contributed by atoms with van der Waals surface area (Å²) in [5, 5.41) is 8.62. The molecule has 13 heteroatoms. The number of hydrogen-bond acceptors (Lipinski definition) is 5. The monoisotopic (exact) mass is 455 g/mol. The molecule has 28 heavy (non-hydrogen) atoms. The Morgan fingerprint density at radius 1 is 1.43 bits per heavy atom. The van der Waals surface area contributed by atoms with Gasteiger partial charge in [0.25, 0.3) is 10.0 Å². The Hall–Kier alpha value is -2.11. The van der Waals surface area contributed by atoms with Crippen molar-refractivity contribution < 1.29 is 27.1 Å². The van der Waals surface area contributed by atoms with Crippen LogP contribution in [0.15, 0.2) is 16.9 Å². The van der Waals surface area contributed by atoms with E-state index in [0.717, 1.165) is 23.6 Å². The summed E-state index contributed by atoms with van der Waals surface area (Å²) in [7, 11) is -4.38. The quantitative estimate of drug-likeness (QED) is 0.709. The summed E-state index contributed by atoms with van der Waals surface area (Å²) in [5.41, 5.74) is -1.71. The number of carbonyl (C=O) groups excluding carboxylic acids is 1. The number of imidazole rings is 1. The first-order valence-corrected chi connectivity index (χ1v) is 10.3. The second-order valence-electron chi connectivity index (χ2n) is 6.07. The van der Waals surface area contributed by atoms with Crippen LogP contribution in [0.25, 0.3) is 5.69 Å². The number of hydrogen-bond donors (Lipinski definition) is 1. The van der Waals surface area contributed by atoms with E-state index in [-0.39, 0.29) is 28.7 Å². The van der Waals surface area contributed by atoms with Gasteiger partial charge in [0.05, 0.1) is 23.6 Å². The molecule has 3 rings (SSSR count). The lowest BCUT2D eigenvalue weighted by Crippen LogP contribution is -2.36. The highest BCUT2D eigenvalue weighted by atomic mass is 35.5. The zero-order valence-electron chi connectivity index (χ0n) is 14.2. The molecule has 8 nitrogen and oxygen atoms in total. The van der Waals surface area contributed by atoms with Gasteiger partial charge >= 0.3 is 5.69 Å². The van der Waals surface area contributed by atoms with Crippen LogP contribution >= 0.6 is 23.2 Å². The molecule has 1 atom stereocenters. The average Bonchev–Trinajstić information content (AvgIpc) is 3.09. The number of sulfonamides is 1. The van der Waals surface area contributed by atoms with E-state index in [1.165, 1.54) is 0 Å². The van der Waals surface area contributed by atoms with Crippen molar-refractivity contribution in [3.63, 3.8) is 0 Å². The van der Waals surface area contributed by atoms with Crippen LogP contribution in [-0.4, -0.2) is 39.9 Å². The molecule has 0 saturated carbocycles. The fourth-order valence-corrected chi connectivity index (χ4v) is 4.54. The maximum Gasteiger partial charge on any atom is 0.336 e. The fraction of sp³-hybridized carbons (Fsp3) is 0.333. The van der Waals surface area contributed by atoms with Crippen molar-refractivity contribution >= 4 is 44.8 Å². The van der Waals surface area contributed by atoms with Gasteiger partial charge in [-0.05, 0) is 12.1 Å². The molecule has 1 N–H and O–H groups in total. The van der Waals surface area contributed by atoms with Gasteiger partial charge in [-0.1, -0.05) is 11.6 Å². The molecule has 0 radical (unpaired) electrons. The van der Waals surface area contributed by atoms with Gasteiger partial charge in [0.1, 0.15) is 22.2 Å². The van der Waals surface area contributed by atoms with Crippen LogP contribution in [0.3, 0.4) is 0 Å². The molecule has 1 aliphatic rings. The van der Waals surface area contributed by atoms with Crippen molar-refractivity contribution in [2.24, 2.45) is 0 Å². The zero-order valence-corrected chi connectivity index (χ0v) is 16.5. The molecule has 0 fully saturated rings. The summed E-state index contributed by atoms with van der Waals surface area (Å²) in [4.78, 5) is 24.4. The van der Waals surface area contributed by atoms with Crippen LogP contribution < -0.4 is 9.99 Å². The van der Waals surface area contributed by atoms with Crippen LogP contribution in [0.1, 0.15) is 12.6 Å². The number of aromatic hydroxyl groups is 1. The van der Waals surface area contributed by atoms with Crippen LogP contribution in [0, 0.1) is 5.82 Å². The summed E-state index contributed by atoms with van der Waals surface area (Å²) < 4.78 is 54.1. The fourth-order valence-electron chi connectivity index (χ4n) is 3.07. The number of amides is 1. The molecule has 0 spiro atoms. The molecule has 1 amide bonds. The number of carbonyl (C=O) groups is 1. The van der Waals surface area contributed by atoms with Crippen molar-refractivity contribution in [3.8, 4) is 11.6 Å². The van der Waals surface area contributed by atoms with Gasteiger partial charge in [0.15, 0.2) is 0 Å². The minimum absolute atomic E-state index is 0.0196. The van der Waals surface area contributed by atoms with Gasteiger partial charge in [0, 0.05) is 13.3 Å². The minimum atomic E-state index is -4.38. The van der Waals surface area contributed by atoms with E-state index in [4.69, 9.17) is 23.2 Å². The lowest BCUT2D eigenvalue weighted by molar-refractivity contribution is -0.115. The molecule has 1 aromatic carbocycles. The van der Waals surface area contributed by atoms with Gasteiger partial charge in [-0.2, -0.15) is 0 Å². The van der Waals surface area contributed by atoms with Crippen molar-refractivity contribution in [2.45, 2.75) is 26.1 Å². The normalized spacial score (nSPS) is 16.2. The van der Waals surface area contributed by atoms with Gasteiger partial charge in [-0.15, -0.1) is 11.6 Å². The second-order valence-corrected chi connectivity index (χ2v) is 8.85. The molecule has 2 heterocycles. The van der Waals surface area contributed by atoms with Crippen LogP contribution in [0.4, 0.5) is 14.5 Å². The lowest BCUT2D eigenvalue weighted by atomic mass is 10.2. The van der Waals surface area contributed by atoms with Crippen LogP contribution in [-0.2, 0) is 27.8 Å². The molecule has 0 saturated heterocycles. The standard InChI is InChI=1S/C15H13Cl2F2N3O5S/c1-7(23)22(28(26,27)6-16)11-4-9(3-10(19)13(11)17)21-14(24)12-2-8(18)5-20(12)15(21)25/h3-4,8,24H,2,5-6H2,1H3/t8-/m0/s1. The van der Waals surface area contributed by atoms with E-state index in [0.29, 0.717) is 4.57 Å². The number of aromatic nitrogens is 2. The first-order valence-electron chi connectivity index (χ1n) is 7.76. The Bertz CT molecular complexity index is 1150. The first-order chi connectivity index (χ1) is 13.0. The van der Waals surface area contributed by atoms with E-state index in [2.05, 4.69) is 0 Å². The van der Waals surface area contributed by atoms with Crippen molar-refractivity contribution in [3.05, 3.63) is 39.2 Å². The lowest BCUT2D eigenvalue weighted by Gasteiger charge is -2.22. The van der Waals surface area contributed by atoms with Crippen molar-refractivity contribution in [1.29, 1.82) is 0 Å². The minimum Gasteiger partial charge on any atom is -0.493 e. The predicted molar refractivity (Wildman–Crippen MR) is 98.1 cm³/mol. The van der Waals surface area contributed by atoms with Crippen molar-refractivity contribution in [2.75, 3.05) is 9.52 Å². The highest BCUT2D eigenvalue weighted by Gasteiger charge is 2.33. The summed E-state index contributed by atoms with van der Waals surface area (Å²) in [6, 6.07) is 1.72. The number of anilines is 1. The second kappa shape index (κ2) is 7.05. The number of benzene rings is 1. The summed E-state index contributed by atoms with van der Waals surface area (Å²) >= 11 is 11.2. The van der Waals surface area contributed by atoms with Gasteiger partial charge in [-0.25, -0.2) is 30.9 Å². The Morgan fingerprint density at radius 3 is 2.61 bits per heavy atom. The molecule has 0 unspecified atom stereocenters. The molecule has 1 aliphatic heterocycles.